The molecule has 230 valence electrons. The Bertz CT molecular complexity index is 1030. The van der Waals surface area contributed by atoms with Gasteiger partial charge in [0.25, 0.3) is 0 Å². The Morgan fingerprint density at radius 1 is 0.878 bits per heavy atom. The molecule has 0 aliphatic heterocycles. The van der Waals surface area contributed by atoms with E-state index in [9.17, 15) is 9.90 Å². The monoisotopic (exact) mass is 564 g/mol. The maximum atomic E-state index is 13.7. The molecular weight excluding hydrogens is 504 g/mol. The fraction of sp³-hybridized carbons (Fsp3) is 0.763. The summed E-state index contributed by atoms with van der Waals surface area (Å²) in [4.78, 5) is 13.7. The second-order valence-electron chi connectivity index (χ2n) is 15.0. The predicted molar refractivity (Wildman–Crippen MR) is 170 cm³/mol. The molecule has 41 heavy (non-hydrogen) atoms. The van der Waals surface area contributed by atoms with Gasteiger partial charge in [0.05, 0.1) is 11.5 Å². The summed E-state index contributed by atoms with van der Waals surface area (Å²) in [6.07, 6.45) is 14.5. The van der Waals surface area contributed by atoms with E-state index >= 15 is 0 Å². The Morgan fingerprint density at radius 2 is 1.54 bits per heavy atom. The number of esters is 1. The topological polar surface area (TPSA) is 46.5 Å². The molecule has 0 spiro atoms. The van der Waals surface area contributed by atoms with Crippen molar-refractivity contribution in [2.75, 3.05) is 0 Å². The second-order valence-corrected chi connectivity index (χ2v) is 15.0. The Kier molecular flexibility index (Phi) is 9.89. The Morgan fingerprint density at radius 3 is 2.22 bits per heavy atom. The van der Waals surface area contributed by atoms with Crippen LogP contribution in [0.4, 0.5) is 0 Å². The molecule has 5 aliphatic carbocycles. The van der Waals surface area contributed by atoms with Crippen LogP contribution in [0, 0.1) is 51.2 Å². The molecule has 5 saturated carbocycles. The minimum Gasteiger partial charge on any atom is -0.460 e. The van der Waals surface area contributed by atoms with Gasteiger partial charge in [-0.25, -0.2) is 0 Å². The van der Waals surface area contributed by atoms with Gasteiger partial charge in [-0.05, 0) is 123 Å². The third kappa shape index (κ3) is 5.36. The second kappa shape index (κ2) is 12.6. The van der Waals surface area contributed by atoms with Gasteiger partial charge in [-0.1, -0.05) is 84.4 Å². The van der Waals surface area contributed by atoms with Gasteiger partial charge in [-0.3, -0.25) is 4.79 Å². The molecule has 0 amide bonds. The predicted octanol–water partition coefficient (Wildman–Crippen LogP) is 9.77. The molecule has 0 saturated heterocycles. The van der Waals surface area contributed by atoms with Crippen molar-refractivity contribution in [1.82, 2.24) is 0 Å². The number of allylic oxidation sites excluding steroid dienone is 1. The molecule has 0 aromatic heterocycles. The lowest BCUT2D eigenvalue weighted by Crippen LogP contribution is -2.63. The highest BCUT2D eigenvalue weighted by molar-refractivity contribution is 5.78. The summed E-state index contributed by atoms with van der Waals surface area (Å²) in [5.74, 6) is 3.38. The minimum absolute atomic E-state index is 0.0147. The first kappa shape index (κ1) is 32.3. The van der Waals surface area contributed by atoms with Crippen LogP contribution in [-0.4, -0.2) is 17.2 Å². The van der Waals surface area contributed by atoms with E-state index in [4.69, 9.17) is 4.74 Å². The van der Waals surface area contributed by atoms with Crippen molar-refractivity contribution in [3.8, 4) is 0 Å². The van der Waals surface area contributed by atoms with E-state index < -0.39 is 0 Å². The summed E-state index contributed by atoms with van der Waals surface area (Å²) >= 11 is 0. The summed E-state index contributed by atoms with van der Waals surface area (Å²) < 4.78 is 6.04. The molecule has 1 aromatic carbocycles. The molecular formula is C38H60O3. The van der Waals surface area contributed by atoms with Crippen LogP contribution in [0.3, 0.4) is 0 Å². The number of aliphatic hydroxyl groups excluding tert-OH is 1. The number of fused-ring (bicyclic) bond motifs is 7. The molecule has 0 heterocycles. The van der Waals surface area contributed by atoms with E-state index in [1.165, 1.54) is 51.4 Å². The van der Waals surface area contributed by atoms with Crippen molar-refractivity contribution in [1.29, 1.82) is 0 Å². The summed E-state index contributed by atoms with van der Waals surface area (Å²) in [7, 11) is 0. The molecule has 6 rings (SSSR count). The SMILES string of the molecule is C=CC.CC.CC1(C)C(O)CCC2(C)[C@H]1CCC1(C)C3CCC4(C(=O)OCc5ccccc5)CCC[C@@H]4C3CC[C@@H]12. The highest BCUT2D eigenvalue weighted by atomic mass is 16.5. The van der Waals surface area contributed by atoms with Crippen molar-refractivity contribution < 1.29 is 14.6 Å². The van der Waals surface area contributed by atoms with Crippen molar-refractivity contribution in [3.63, 3.8) is 0 Å². The number of carbonyl (C=O) groups excluding carboxylic acids is 1. The standard InChI is InChI=1S/C33H48O3.C3H6.C2H6/c1-30(2)26-15-18-31(3)24-14-20-33(29(35)36-21-22-9-6-5-7-10-22)17-8-11-25(33)23(24)12-13-27(31)32(26,4)19-16-28(30)34;1-3-2;1-2/h5-7,9-10,23-28,34H,8,11-21H2,1-4H3;3H,1H2,2H3;1-2H3/t23?,24?,25-,26+,27+,28?,31?,32?,33?;;/m1../s1. The lowest BCUT2D eigenvalue weighted by molar-refractivity contribution is -0.217. The fourth-order valence-corrected chi connectivity index (χ4v) is 11.4. The summed E-state index contributed by atoms with van der Waals surface area (Å²) in [6, 6.07) is 10.2. The van der Waals surface area contributed by atoms with Gasteiger partial charge in [0.15, 0.2) is 0 Å². The van der Waals surface area contributed by atoms with Gasteiger partial charge in [-0.2, -0.15) is 0 Å². The Balaban J connectivity index is 0.000000728. The van der Waals surface area contributed by atoms with Crippen molar-refractivity contribution in [3.05, 3.63) is 48.6 Å². The van der Waals surface area contributed by atoms with Crippen molar-refractivity contribution in [2.45, 2.75) is 132 Å². The zero-order valence-corrected chi connectivity index (χ0v) is 27.4. The van der Waals surface area contributed by atoms with Crippen LogP contribution in [-0.2, 0) is 16.1 Å². The van der Waals surface area contributed by atoms with E-state index in [1.807, 2.05) is 39.0 Å². The molecule has 0 bridgehead atoms. The number of rotatable bonds is 3. The lowest BCUT2D eigenvalue weighted by Gasteiger charge is -2.69. The molecule has 3 nitrogen and oxygen atoms in total. The van der Waals surface area contributed by atoms with E-state index in [1.54, 1.807) is 6.08 Å². The maximum absolute atomic E-state index is 13.7. The number of benzene rings is 1. The van der Waals surface area contributed by atoms with Gasteiger partial charge in [0, 0.05) is 0 Å². The fourth-order valence-electron chi connectivity index (χ4n) is 11.4. The van der Waals surface area contributed by atoms with Gasteiger partial charge >= 0.3 is 5.97 Å². The first-order valence-electron chi connectivity index (χ1n) is 17.0. The van der Waals surface area contributed by atoms with E-state index in [-0.39, 0.29) is 22.9 Å². The smallest absolute Gasteiger partial charge is 0.312 e. The van der Waals surface area contributed by atoms with Gasteiger partial charge in [0.1, 0.15) is 6.61 Å². The number of aliphatic hydroxyl groups is 1. The van der Waals surface area contributed by atoms with Crippen LogP contribution in [0.1, 0.15) is 125 Å². The van der Waals surface area contributed by atoms with Crippen LogP contribution < -0.4 is 0 Å². The molecule has 1 aromatic rings. The zero-order chi connectivity index (χ0) is 30.1. The third-order valence-electron chi connectivity index (χ3n) is 13.1. The molecule has 9 atom stereocenters. The first-order chi connectivity index (χ1) is 19.5. The van der Waals surface area contributed by atoms with Crippen LogP contribution in [0.15, 0.2) is 43.0 Å². The molecule has 0 radical (unpaired) electrons. The average molecular weight is 565 g/mol. The largest absolute Gasteiger partial charge is 0.460 e. The number of hydrogen-bond acceptors (Lipinski definition) is 3. The summed E-state index contributed by atoms with van der Waals surface area (Å²) in [5.41, 5.74) is 1.57. The molecule has 1 N–H and O–H groups in total. The zero-order valence-electron chi connectivity index (χ0n) is 27.4. The van der Waals surface area contributed by atoms with Crippen LogP contribution >= 0.6 is 0 Å². The van der Waals surface area contributed by atoms with Crippen molar-refractivity contribution >= 4 is 5.97 Å². The quantitative estimate of drug-likeness (QED) is 0.294. The highest BCUT2D eigenvalue weighted by Gasteiger charge is 2.67. The van der Waals surface area contributed by atoms with Gasteiger partial charge < -0.3 is 9.84 Å². The number of carbonyl (C=O) groups is 1. The maximum Gasteiger partial charge on any atom is 0.312 e. The molecule has 6 unspecified atom stereocenters. The molecule has 5 aliphatic rings. The summed E-state index contributed by atoms with van der Waals surface area (Å²) in [5, 5.41) is 10.9. The van der Waals surface area contributed by atoms with E-state index in [0.717, 1.165) is 36.7 Å². The van der Waals surface area contributed by atoms with Crippen molar-refractivity contribution in [2.24, 2.45) is 51.2 Å². The Hall–Kier alpha value is -1.61. The molecule has 3 heteroatoms. The van der Waals surface area contributed by atoms with Gasteiger partial charge in [-0.15, -0.1) is 6.58 Å². The lowest BCUT2D eigenvalue weighted by atomic mass is 9.36. The number of hydrogen-bond donors (Lipinski definition) is 1. The number of ether oxygens (including phenoxy) is 1. The third-order valence-corrected chi connectivity index (χ3v) is 13.1. The summed E-state index contributed by atoms with van der Waals surface area (Å²) in [6.45, 7) is 19.6. The first-order valence-corrected chi connectivity index (χ1v) is 17.0. The average Bonchev–Trinajstić information content (AvgIpc) is 3.42. The van der Waals surface area contributed by atoms with Gasteiger partial charge in [0.2, 0.25) is 0 Å². The highest BCUT2D eigenvalue weighted by Crippen LogP contribution is 2.73. The van der Waals surface area contributed by atoms with Crippen LogP contribution in [0.5, 0.6) is 0 Å². The van der Waals surface area contributed by atoms with Crippen LogP contribution in [0.2, 0.25) is 0 Å². The van der Waals surface area contributed by atoms with E-state index in [2.05, 4.69) is 46.4 Å². The normalized spacial score (nSPS) is 41.9. The Labute approximate surface area is 251 Å². The van der Waals surface area contributed by atoms with Crippen LogP contribution in [0.25, 0.3) is 0 Å². The van der Waals surface area contributed by atoms with E-state index in [0.29, 0.717) is 35.2 Å². The minimum atomic E-state index is -0.239. The molecule has 5 fully saturated rings.